The van der Waals surface area contributed by atoms with E-state index in [1.165, 1.54) is 7.11 Å². The molecule has 23 heavy (non-hydrogen) atoms. The average molecular weight is 401 g/mol. The first-order valence-electron chi connectivity index (χ1n) is 6.90. The van der Waals surface area contributed by atoms with Gasteiger partial charge in [-0.1, -0.05) is 15.9 Å². The largest absolute Gasteiger partial charge is 0.504 e. The number of phenols is 1. The Balaban J connectivity index is 2.59. The van der Waals surface area contributed by atoms with Crippen molar-refractivity contribution in [2.75, 3.05) is 13.7 Å². The lowest BCUT2D eigenvalue weighted by molar-refractivity contribution is -0.139. The topological polar surface area (TPSA) is 79.8 Å². The van der Waals surface area contributed by atoms with Gasteiger partial charge >= 0.3 is 5.97 Å². The molecule has 0 spiro atoms. The maximum absolute atomic E-state index is 12.3. The average Bonchev–Trinajstić information content (AvgIpc) is 2.48. The van der Waals surface area contributed by atoms with Crippen molar-refractivity contribution in [3.05, 3.63) is 33.4 Å². The Hall–Kier alpha value is -1.80. The van der Waals surface area contributed by atoms with Gasteiger partial charge in [0, 0.05) is 15.7 Å². The number of methoxy groups -OCH3 is 1. The molecule has 2 rings (SSSR count). The van der Waals surface area contributed by atoms with E-state index in [4.69, 9.17) is 21.7 Å². The van der Waals surface area contributed by atoms with E-state index in [1.807, 2.05) is 0 Å². The van der Waals surface area contributed by atoms with Crippen molar-refractivity contribution in [2.45, 2.75) is 19.9 Å². The summed E-state index contributed by atoms with van der Waals surface area (Å²) < 4.78 is 11.0. The Labute approximate surface area is 148 Å². The first-order chi connectivity index (χ1) is 10.9. The molecule has 6 nitrogen and oxygen atoms in total. The molecule has 0 bridgehead atoms. The van der Waals surface area contributed by atoms with Gasteiger partial charge in [-0.15, -0.1) is 0 Å². The first-order valence-corrected chi connectivity index (χ1v) is 8.11. The zero-order valence-electron chi connectivity index (χ0n) is 12.9. The number of phenolic OH excluding ortho intramolecular Hbond substituents is 1. The van der Waals surface area contributed by atoms with E-state index >= 15 is 0 Å². The molecule has 0 radical (unpaired) electrons. The molecule has 1 aliphatic heterocycles. The minimum Gasteiger partial charge on any atom is -0.504 e. The predicted octanol–water partition coefficient (Wildman–Crippen LogP) is 2.52. The molecule has 1 atom stereocenters. The summed E-state index contributed by atoms with van der Waals surface area (Å²) in [7, 11) is 1.46. The fourth-order valence-electron chi connectivity index (χ4n) is 2.38. The van der Waals surface area contributed by atoms with Crippen LogP contribution < -0.4 is 15.4 Å². The molecule has 0 aromatic heterocycles. The normalized spacial score (nSPS) is 17.4. The molecule has 0 fully saturated rings. The Bertz CT molecular complexity index is 690. The quantitative estimate of drug-likeness (QED) is 0.529. The van der Waals surface area contributed by atoms with E-state index in [1.54, 1.807) is 26.0 Å². The smallest absolute Gasteiger partial charge is 0.338 e. The van der Waals surface area contributed by atoms with Gasteiger partial charge in [-0.3, -0.25) is 0 Å². The van der Waals surface area contributed by atoms with E-state index in [0.717, 1.165) is 0 Å². The Morgan fingerprint density at radius 2 is 2.17 bits per heavy atom. The van der Waals surface area contributed by atoms with E-state index in [0.29, 0.717) is 32.2 Å². The second-order valence-corrected chi connectivity index (χ2v) is 6.16. The summed E-state index contributed by atoms with van der Waals surface area (Å²) in [6.45, 7) is 3.72. The van der Waals surface area contributed by atoms with Crippen molar-refractivity contribution in [1.29, 1.82) is 0 Å². The van der Waals surface area contributed by atoms with Crippen LogP contribution in [0.1, 0.15) is 25.5 Å². The van der Waals surface area contributed by atoms with E-state index in [9.17, 15) is 9.90 Å². The van der Waals surface area contributed by atoms with Gasteiger partial charge in [0.2, 0.25) is 0 Å². The third-order valence-electron chi connectivity index (χ3n) is 3.36. The summed E-state index contributed by atoms with van der Waals surface area (Å²) in [5.41, 5.74) is 1.40. The van der Waals surface area contributed by atoms with Gasteiger partial charge in [0.1, 0.15) is 0 Å². The van der Waals surface area contributed by atoms with E-state index < -0.39 is 12.0 Å². The fourth-order valence-corrected chi connectivity index (χ4v) is 3.10. The number of esters is 1. The summed E-state index contributed by atoms with van der Waals surface area (Å²) in [6, 6.07) is 2.70. The number of hydrogen-bond acceptors (Lipinski definition) is 5. The van der Waals surface area contributed by atoms with Crippen LogP contribution in [0.25, 0.3) is 0 Å². The number of rotatable bonds is 4. The van der Waals surface area contributed by atoms with Crippen LogP contribution in [0.5, 0.6) is 11.5 Å². The van der Waals surface area contributed by atoms with E-state index in [2.05, 4.69) is 26.6 Å². The molecule has 0 unspecified atom stereocenters. The van der Waals surface area contributed by atoms with Gasteiger partial charge in [0.15, 0.2) is 16.6 Å². The number of benzene rings is 1. The molecule has 1 aromatic carbocycles. The number of ether oxygens (including phenoxy) is 2. The molecule has 1 aliphatic rings. The lowest BCUT2D eigenvalue weighted by atomic mass is 9.94. The van der Waals surface area contributed by atoms with Gasteiger partial charge in [0.25, 0.3) is 0 Å². The monoisotopic (exact) mass is 400 g/mol. The van der Waals surface area contributed by atoms with Crippen molar-refractivity contribution in [2.24, 2.45) is 0 Å². The molecule has 3 N–H and O–H groups in total. The third-order valence-corrected chi connectivity index (χ3v) is 4.04. The number of hydrogen-bond donors (Lipinski definition) is 3. The van der Waals surface area contributed by atoms with Gasteiger partial charge in [-0.05, 0) is 38.2 Å². The predicted molar refractivity (Wildman–Crippen MR) is 93.3 cm³/mol. The summed E-state index contributed by atoms with van der Waals surface area (Å²) >= 11 is 8.54. The highest BCUT2D eigenvalue weighted by molar-refractivity contribution is 9.10. The Morgan fingerprint density at radius 3 is 2.78 bits per heavy atom. The van der Waals surface area contributed by atoms with Crippen LogP contribution in [0.2, 0.25) is 0 Å². The Morgan fingerprint density at radius 1 is 1.48 bits per heavy atom. The van der Waals surface area contributed by atoms with Gasteiger partial charge in [0.05, 0.1) is 25.3 Å². The van der Waals surface area contributed by atoms with Crippen molar-refractivity contribution >= 4 is 39.2 Å². The second kappa shape index (κ2) is 7.18. The first kappa shape index (κ1) is 17.6. The van der Waals surface area contributed by atoms with Crippen molar-refractivity contribution < 1.29 is 19.4 Å². The molecule has 0 saturated carbocycles. The zero-order chi connectivity index (χ0) is 17.1. The van der Waals surface area contributed by atoms with E-state index in [-0.39, 0.29) is 12.4 Å². The number of carbonyl (C=O) groups excluding carboxylic acids is 1. The highest BCUT2D eigenvalue weighted by Crippen LogP contribution is 2.40. The number of carbonyl (C=O) groups is 1. The highest BCUT2D eigenvalue weighted by Gasteiger charge is 2.33. The van der Waals surface area contributed by atoms with Crippen molar-refractivity contribution in [1.82, 2.24) is 10.6 Å². The van der Waals surface area contributed by atoms with Crippen LogP contribution >= 0.6 is 28.1 Å². The van der Waals surface area contributed by atoms with Crippen LogP contribution in [0.3, 0.4) is 0 Å². The van der Waals surface area contributed by atoms with Gasteiger partial charge < -0.3 is 25.2 Å². The molecule has 1 heterocycles. The molecular formula is C15H17BrN2O4S. The number of aromatic hydroxyl groups is 1. The molecule has 8 heteroatoms. The number of thiocarbonyl (C=S) groups is 1. The molecule has 0 saturated heterocycles. The van der Waals surface area contributed by atoms with Crippen molar-refractivity contribution in [3.63, 3.8) is 0 Å². The minimum absolute atomic E-state index is 0.0625. The molecule has 0 aliphatic carbocycles. The fraction of sp³-hybridized carbons (Fsp3) is 0.333. The summed E-state index contributed by atoms with van der Waals surface area (Å²) in [5, 5.41) is 16.7. The van der Waals surface area contributed by atoms with Crippen molar-refractivity contribution in [3.8, 4) is 11.5 Å². The molecule has 124 valence electrons. The zero-order valence-corrected chi connectivity index (χ0v) is 15.3. The molecule has 0 amide bonds. The van der Waals surface area contributed by atoms with Crippen LogP contribution in [0.15, 0.2) is 27.9 Å². The second-order valence-electron chi connectivity index (χ2n) is 4.84. The number of nitrogens with one attached hydrogen (secondary N) is 2. The van der Waals surface area contributed by atoms with Crippen LogP contribution in [-0.2, 0) is 9.53 Å². The van der Waals surface area contributed by atoms with Gasteiger partial charge in [-0.2, -0.15) is 0 Å². The maximum atomic E-state index is 12.3. The molecule has 1 aromatic rings. The standard InChI is InChI=1S/C15H17BrN2O4S/c1-4-22-14(20)11-7(2)17-15(23)18-12(11)9-5-8(16)6-10(21-3)13(9)19/h5-6,12,19H,4H2,1-3H3,(H2,17,18,23)/t12-/m0/s1. The number of allylic oxidation sites excluding steroid dienone is 1. The lowest BCUT2D eigenvalue weighted by Gasteiger charge is -2.30. The summed E-state index contributed by atoms with van der Waals surface area (Å²) in [6.07, 6.45) is 0. The maximum Gasteiger partial charge on any atom is 0.338 e. The Kier molecular flexibility index (Phi) is 5.48. The van der Waals surface area contributed by atoms with Gasteiger partial charge in [-0.25, -0.2) is 4.79 Å². The van der Waals surface area contributed by atoms with Crippen LogP contribution in [-0.4, -0.2) is 29.9 Å². The molecular weight excluding hydrogens is 384 g/mol. The SMILES string of the molecule is CCOC(=O)C1=C(C)NC(=S)N[C@H]1c1cc(Br)cc(OC)c1O. The minimum atomic E-state index is -0.644. The summed E-state index contributed by atoms with van der Waals surface area (Å²) in [5.74, 6) is -0.246. The highest BCUT2D eigenvalue weighted by atomic mass is 79.9. The lowest BCUT2D eigenvalue weighted by Crippen LogP contribution is -2.45. The van der Waals surface area contributed by atoms with Crippen LogP contribution in [0, 0.1) is 0 Å². The number of halogens is 1. The third kappa shape index (κ3) is 3.59. The summed E-state index contributed by atoms with van der Waals surface area (Å²) in [4.78, 5) is 12.3. The van der Waals surface area contributed by atoms with Crippen LogP contribution in [0.4, 0.5) is 0 Å².